The largest absolute Gasteiger partial charge is 0.496 e. The summed E-state index contributed by atoms with van der Waals surface area (Å²) in [5.41, 5.74) is 5.73. The monoisotopic (exact) mass is 454 g/mol. The van der Waals surface area contributed by atoms with Gasteiger partial charge in [-0.1, -0.05) is 24.6 Å². The number of aromatic amines is 1. The fourth-order valence-electron chi connectivity index (χ4n) is 5.04. The smallest absolute Gasteiger partial charge is 0.259 e. The van der Waals surface area contributed by atoms with E-state index in [0.29, 0.717) is 11.3 Å². The van der Waals surface area contributed by atoms with Crippen LogP contribution in [0.3, 0.4) is 0 Å². The summed E-state index contributed by atoms with van der Waals surface area (Å²) in [6.07, 6.45) is 5.54. The number of carbonyl (C=O) groups is 1. The zero-order valence-electron chi connectivity index (χ0n) is 19.7. The van der Waals surface area contributed by atoms with Crippen molar-refractivity contribution in [2.24, 2.45) is 0 Å². The first-order valence-electron chi connectivity index (χ1n) is 11.9. The average Bonchev–Trinajstić information content (AvgIpc) is 3.20. The molecule has 174 valence electrons. The van der Waals surface area contributed by atoms with Crippen LogP contribution >= 0.6 is 0 Å². The van der Waals surface area contributed by atoms with Gasteiger partial charge < -0.3 is 15.0 Å². The van der Waals surface area contributed by atoms with E-state index in [4.69, 9.17) is 9.72 Å². The van der Waals surface area contributed by atoms with Crippen molar-refractivity contribution >= 4 is 22.5 Å². The van der Waals surface area contributed by atoms with E-state index in [2.05, 4.69) is 40.3 Å². The van der Waals surface area contributed by atoms with Gasteiger partial charge in [0.1, 0.15) is 5.75 Å². The number of nitrogens with zero attached hydrogens (tertiary/aromatic N) is 2. The SMILES string of the molecule is COc1ccccc1C(=O)Nc1ccc2[nH]c(C)c(C(c3ccccn3)N3CCCCC3)c2c1. The minimum atomic E-state index is -0.192. The zero-order valence-corrected chi connectivity index (χ0v) is 19.7. The van der Waals surface area contributed by atoms with Crippen LogP contribution in [0.1, 0.15) is 52.6 Å². The second kappa shape index (κ2) is 9.69. The molecular weight excluding hydrogens is 424 g/mol. The fourth-order valence-corrected chi connectivity index (χ4v) is 5.04. The van der Waals surface area contributed by atoms with Crippen LogP contribution in [-0.2, 0) is 0 Å². The van der Waals surface area contributed by atoms with Gasteiger partial charge in [0, 0.05) is 34.0 Å². The molecule has 0 aliphatic carbocycles. The summed E-state index contributed by atoms with van der Waals surface area (Å²) in [4.78, 5) is 23.9. The summed E-state index contributed by atoms with van der Waals surface area (Å²) < 4.78 is 5.37. The van der Waals surface area contributed by atoms with Gasteiger partial charge >= 0.3 is 0 Å². The lowest BCUT2D eigenvalue weighted by atomic mass is 9.95. The molecule has 0 bridgehead atoms. The van der Waals surface area contributed by atoms with Crippen molar-refractivity contribution in [1.82, 2.24) is 14.9 Å². The van der Waals surface area contributed by atoms with E-state index >= 15 is 0 Å². The summed E-state index contributed by atoms with van der Waals surface area (Å²) in [5.74, 6) is 0.363. The van der Waals surface area contributed by atoms with Crippen LogP contribution in [-0.4, -0.2) is 41.0 Å². The molecule has 34 heavy (non-hydrogen) atoms. The quantitative estimate of drug-likeness (QED) is 0.392. The second-order valence-electron chi connectivity index (χ2n) is 8.83. The lowest BCUT2D eigenvalue weighted by Gasteiger charge is -2.34. The van der Waals surface area contributed by atoms with E-state index < -0.39 is 0 Å². The number of rotatable bonds is 6. The van der Waals surface area contributed by atoms with Crippen LogP contribution in [0.4, 0.5) is 5.69 Å². The number of H-pyrrole nitrogens is 1. The molecule has 4 aromatic rings. The van der Waals surface area contributed by atoms with Crippen molar-refractivity contribution in [3.63, 3.8) is 0 Å². The highest BCUT2D eigenvalue weighted by atomic mass is 16.5. The summed E-state index contributed by atoms with van der Waals surface area (Å²) in [6, 6.07) is 19.5. The standard InChI is InChI=1S/C28H30N4O2/c1-19-26(27(24-11-6-7-15-29-24)32-16-8-3-9-17-32)22-18-20(13-14-23(22)30-19)31-28(33)21-10-4-5-12-25(21)34-2/h4-7,10-15,18,27,30H,3,8-9,16-17H2,1-2H3,(H,31,33). The van der Waals surface area contributed by atoms with E-state index in [1.165, 1.54) is 24.8 Å². The Kier molecular flexibility index (Phi) is 6.32. The molecule has 1 saturated heterocycles. The Bertz CT molecular complexity index is 1290. The molecule has 1 fully saturated rings. The lowest BCUT2D eigenvalue weighted by Crippen LogP contribution is -2.35. The number of nitrogens with one attached hydrogen (secondary N) is 2. The third-order valence-electron chi connectivity index (χ3n) is 6.64. The highest BCUT2D eigenvalue weighted by Gasteiger charge is 2.29. The van der Waals surface area contributed by atoms with Crippen molar-refractivity contribution in [2.45, 2.75) is 32.2 Å². The van der Waals surface area contributed by atoms with Crippen molar-refractivity contribution in [3.8, 4) is 5.75 Å². The normalized spacial score (nSPS) is 15.2. The van der Waals surface area contributed by atoms with E-state index in [1.807, 2.05) is 36.5 Å². The van der Waals surface area contributed by atoms with Crippen molar-refractivity contribution in [2.75, 3.05) is 25.5 Å². The number of piperidine rings is 1. The number of aromatic nitrogens is 2. The number of pyridine rings is 1. The summed E-state index contributed by atoms with van der Waals surface area (Å²) in [6.45, 7) is 4.23. The minimum Gasteiger partial charge on any atom is -0.496 e. The van der Waals surface area contributed by atoms with Crippen LogP contribution in [0.15, 0.2) is 66.9 Å². The Morgan fingerprint density at radius 1 is 1.06 bits per heavy atom. The van der Waals surface area contributed by atoms with E-state index in [1.54, 1.807) is 19.2 Å². The van der Waals surface area contributed by atoms with Gasteiger partial charge in [-0.05, 0) is 75.3 Å². The van der Waals surface area contributed by atoms with Gasteiger partial charge in [0.05, 0.1) is 24.4 Å². The predicted octanol–water partition coefficient (Wildman–Crippen LogP) is 5.71. The van der Waals surface area contributed by atoms with Gasteiger partial charge in [0.2, 0.25) is 0 Å². The number of anilines is 1. The van der Waals surface area contributed by atoms with Crippen LogP contribution in [0.5, 0.6) is 5.75 Å². The topological polar surface area (TPSA) is 70.2 Å². The molecule has 1 aliphatic rings. The van der Waals surface area contributed by atoms with Gasteiger partial charge in [-0.15, -0.1) is 0 Å². The minimum absolute atomic E-state index is 0.0652. The Morgan fingerprint density at radius 2 is 1.85 bits per heavy atom. The Hall–Kier alpha value is -3.64. The third-order valence-corrected chi connectivity index (χ3v) is 6.64. The van der Waals surface area contributed by atoms with Gasteiger partial charge in [-0.2, -0.15) is 0 Å². The summed E-state index contributed by atoms with van der Waals surface area (Å²) >= 11 is 0. The number of hydrogen-bond acceptors (Lipinski definition) is 4. The summed E-state index contributed by atoms with van der Waals surface area (Å²) in [7, 11) is 1.57. The first kappa shape index (κ1) is 22.2. The van der Waals surface area contributed by atoms with E-state index in [9.17, 15) is 4.79 Å². The van der Waals surface area contributed by atoms with Crippen LogP contribution in [0.2, 0.25) is 0 Å². The number of ether oxygens (including phenoxy) is 1. The molecule has 1 amide bonds. The van der Waals surface area contributed by atoms with Crippen LogP contribution in [0.25, 0.3) is 10.9 Å². The number of fused-ring (bicyclic) bond motifs is 1. The number of benzene rings is 2. The molecule has 0 radical (unpaired) electrons. The number of aryl methyl sites for hydroxylation is 1. The molecular formula is C28H30N4O2. The van der Waals surface area contributed by atoms with Crippen molar-refractivity contribution in [1.29, 1.82) is 0 Å². The van der Waals surface area contributed by atoms with Gasteiger partial charge in [0.25, 0.3) is 5.91 Å². The van der Waals surface area contributed by atoms with Crippen molar-refractivity contribution < 1.29 is 9.53 Å². The average molecular weight is 455 g/mol. The molecule has 2 aromatic carbocycles. The van der Waals surface area contributed by atoms with Crippen LogP contribution in [0, 0.1) is 6.92 Å². The molecule has 6 nitrogen and oxygen atoms in total. The number of para-hydroxylation sites is 1. The zero-order chi connectivity index (χ0) is 23.5. The molecule has 6 heteroatoms. The fraction of sp³-hybridized carbons (Fsp3) is 0.286. The number of likely N-dealkylation sites (tertiary alicyclic amines) is 1. The molecule has 1 unspecified atom stereocenters. The first-order chi connectivity index (χ1) is 16.7. The Morgan fingerprint density at radius 3 is 2.62 bits per heavy atom. The molecule has 1 aliphatic heterocycles. The molecule has 0 spiro atoms. The maximum atomic E-state index is 13.0. The second-order valence-corrected chi connectivity index (χ2v) is 8.83. The van der Waals surface area contributed by atoms with Gasteiger partial charge in [-0.25, -0.2) is 0 Å². The van der Waals surface area contributed by atoms with Gasteiger partial charge in [0.15, 0.2) is 0 Å². The number of hydrogen-bond donors (Lipinski definition) is 2. The molecule has 2 N–H and O–H groups in total. The van der Waals surface area contributed by atoms with Crippen LogP contribution < -0.4 is 10.1 Å². The summed E-state index contributed by atoms with van der Waals surface area (Å²) in [5, 5.41) is 4.17. The number of carbonyl (C=O) groups excluding carboxylic acids is 1. The highest BCUT2D eigenvalue weighted by molar-refractivity contribution is 6.07. The van der Waals surface area contributed by atoms with Gasteiger partial charge in [-0.3, -0.25) is 14.7 Å². The first-order valence-corrected chi connectivity index (χ1v) is 11.9. The predicted molar refractivity (Wildman–Crippen MR) is 135 cm³/mol. The third kappa shape index (κ3) is 4.29. The molecule has 1 atom stereocenters. The number of amides is 1. The molecule has 2 aromatic heterocycles. The lowest BCUT2D eigenvalue weighted by molar-refractivity contribution is 0.102. The Balaban J connectivity index is 1.55. The molecule has 5 rings (SSSR count). The van der Waals surface area contributed by atoms with E-state index in [0.717, 1.165) is 41.1 Å². The van der Waals surface area contributed by atoms with Crippen molar-refractivity contribution in [3.05, 3.63) is 89.4 Å². The number of methoxy groups -OCH3 is 1. The molecule has 0 saturated carbocycles. The molecule has 3 heterocycles. The highest BCUT2D eigenvalue weighted by Crippen LogP contribution is 2.37. The maximum absolute atomic E-state index is 13.0. The maximum Gasteiger partial charge on any atom is 0.259 e. The van der Waals surface area contributed by atoms with E-state index in [-0.39, 0.29) is 11.9 Å². The Labute approximate surface area is 200 Å².